The Labute approximate surface area is 102 Å². The lowest BCUT2D eigenvalue weighted by Crippen LogP contribution is -2.19. The van der Waals surface area contributed by atoms with Gasteiger partial charge in [-0.1, -0.05) is 11.2 Å². The molecular formula is C12H12N4O2. The largest absolute Gasteiger partial charge is 0.368 e. The summed E-state index contributed by atoms with van der Waals surface area (Å²) in [7, 11) is 3.49. The summed E-state index contributed by atoms with van der Waals surface area (Å²) in [6.45, 7) is 0. The molecule has 0 amide bonds. The first-order valence-corrected chi connectivity index (χ1v) is 5.46. The van der Waals surface area contributed by atoms with Crippen molar-refractivity contribution >= 4 is 16.9 Å². The van der Waals surface area contributed by atoms with Gasteiger partial charge in [0.15, 0.2) is 0 Å². The smallest absolute Gasteiger partial charge is 0.328 e. The fourth-order valence-electron chi connectivity index (χ4n) is 2.09. The number of aryl methyl sites for hydroxylation is 2. The van der Waals surface area contributed by atoms with Crippen LogP contribution < -0.4 is 11.4 Å². The number of benzene rings is 1. The van der Waals surface area contributed by atoms with E-state index in [1.165, 1.54) is 0 Å². The molecule has 3 aromatic rings. The van der Waals surface area contributed by atoms with Crippen molar-refractivity contribution in [1.29, 1.82) is 0 Å². The standard InChI is InChI=1S/C12H12N4O2/c1-15-9-4-3-7(8-6-11(13)18-14-8)5-10(9)16(2)12(15)17/h3-6H,13H2,1-2H3. The van der Waals surface area contributed by atoms with Crippen LogP contribution in [0.2, 0.25) is 0 Å². The lowest BCUT2D eigenvalue weighted by atomic mass is 10.1. The Morgan fingerprint density at radius 1 is 1.17 bits per heavy atom. The zero-order chi connectivity index (χ0) is 12.9. The topological polar surface area (TPSA) is 79.0 Å². The maximum Gasteiger partial charge on any atom is 0.328 e. The molecule has 0 spiro atoms. The van der Waals surface area contributed by atoms with Crippen LogP contribution >= 0.6 is 0 Å². The molecule has 3 rings (SSSR count). The molecule has 6 nitrogen and oxygen atoms in total. The van der Waals surface area contributed by atoms with Crippen molar-refractivity contribution in [2.24, 2.45) is 14.1 Å². The highest BCUT2D eigenvalue weighted by Crippen LogP contribution is 2.23. The summed E-state index contributed by atoms with van der Waals surface area (Å²) in [5.74, 6) is 0.270. The number of nitrogens with zero attached hydrogens (tertiary/aromatic N) is 3. The van der Waals surface area contributed by atoms with Crippen molar-refractivity contribution in [2.45, 2.75) is 0 Å². The third-order valence-electron chi connectivity index (χ3n) is 3.10. The van der Waals surface area contributed by atoms with E-state index in [0.29, 0.717) is 5.69 Å². The summed E-state index contributed by atoms with van der Waals surface area (Å²) >= 11 is 0. The van der Waals surface area contributed by atoms with Crippen molar-refractivity contribution < 1.29 is 4.52 Å². The molecule has 0 aliphatic carbocycles. The predicted molar refractivity (Wildman–Crippen MR) is 68.1 cm³/mol. The van der Waals surface area contributed by atoms with Crippen LogP contribution in [0.25, 0.3) is 22.3 Å². The molecule has 0 bridgehead atoms. The van der Waals surface area contributed by atoms with Crippen LogP contribution in [-0.4, -0.2) is 14.3 Å². The average molecular weight is 244 g/mol. The van der Waals surface area contributed by atoms with E-state index in [0.717, 1.165) is 16.6 Å². The van der Waals surface area contributed by atoms with Gasteiger partial charge in [0, 0.05) is 25.7 Å². The monoisotopic (exact) mass is 244 g/mol. The van der Waals surface area contributed by atoms with E-state index >= 15 is 0 Å². The van der Waals surface area contributed by atoms with Crippen molar-refractivity contribution in [1.82, 2.24) is 14.3 Å². The van der Waals surface area contributed by atoms with Crippen molar-refractivity contribution in [2.75, 3.05) is 5.73 Å². The van der Waals surface area contributed by atoms with Gasteiger partial charge < -0.3 is 10.3 Å². The van der Waals surface area contributed by atoms with E-state index in [2.05, 4.69) is 5.16 Å². The van der Waals surface area contributed by atoms with Gasteiger partial charge in [-0.2, -0.15) is 0 Å². The molecule has 0 radical (unpaired) electrons. The Kier molecular flexibility index (Phi) is 2.07. The van der Waals surface area contributed by atoms with Crippen molar-refractivity contribution in [3.05, 3.63) is 34.7 Å². The van der Waals surface area contributed by atoms with Gasteiger partial charge in [0.1, 0.15) is 5.69 Å². The van der Waals surface area contributed by atoms with Gasteiger partial charge >= 0.3 is 5.69 Å². The minimum Gasteiger partial charge on any atom is -0.368 e. The minimum atomic E-state index is -0.0539. The molecule has 0 atom stereocenters. The van der Waals surface area contributed by atoms with Crippen LogP contribution in [0.5, 0.6) is 0 Å². The van der Waals surface area contributed by atoms with Gasteiger partial charge in [0.2, 0.25) is 5.88 Å². The number of nitrogen functional groups attached to an aromatic ring is 1. The SMILES string of the molecule is Cn1c(=O)n(C)c2cc(-c3cc(N)on3)ccc21. The van der Waals surface area contributed by atoms with Crippen LogP contribution in [0.1, 0.15) is 0 Å². The number of aromatic nitrogens is 3. The van der Waals surface area contributed by atoms with Gasteiger partial charge in [-0.3, -0.25) is 9.13 Å². The molecule has 0 aliphatic rings. The molecule has 6 heteroatoms. The summed E-state index contributed by atoms with van der Waals surface area (Å²) in [5, 5.41) is 3.86. The van der Waals surface area contributed by atoms with E-state index in [4.69, 9.17) is 10.3 Å². The van der Waals surface area contributed by atoms with Crippen molar-refractivity contribution in [3.8, 4) is 11.3 Å². The molecule has 2 heterocycles. The van der Waals surface area contributed by atoms with Crippen molar-refractivity contribution in [3.63, 3.8) is 0 Å². The number of nitrogens with two attached hydrogens (primary N) is 1. The lowest BCUT2D eigenvalue weighted by Gasteiger charge is -1.98. The van der Waals surface area contributed by atoms with E-state index in [1.54, 1.807) is 29.3 Å². The van der Waals surface area contributed by atoms with Gasteiger partial charge in [0.25, 0.3) is 0 Å². The normalized spacial score (nSPS) is 11.2. The third-order valence-corrected chi connectivity index (χ3v) is 3.10. The van der Waals surface area contributed by atoms with Crippen LogP contribution in [0.3, 0.4) is 0 Å². The lowest BCUT2D eigenvalue weighted by molar-refractivity contribution is 0.439. The highest BCUT2D eigenvalue weighted by molar-refractivity contribution is 5.82. The fraction of sp³-hybridized carbons (Fsp3) is 0.167. The maximum absolute atomic E-state index is 11.8. The van der Waals surface area contributed by atoms with Gasteiger partial charge in [-0.25, -0.2) is 4.79 Å². The summed E-state index contributed by atoms with van der Waals surface area (Å²) in [4.78, 5) is 11.8. The number of imidazole rings is 1. The van der Waals surface area contributed by atoms with E-state index < -0.39 is 0 Å². The average Bonchev–Trinajstić information content (AvgIpc) is 2.89. The van der Waals surface area contributed by atoms with E-state index in [-0.39, 0.29) is 11.6 Å². The molecule has 2 N–H and O–H groups in total. The number of fused-ring (bicyclic) bond motifs is 1. The Balaban J connectivity index is 2.29. The highest BCUT2D eigenvalue weighted by atomic mass is 16.5. The van der Waals surface area contributed by atoms with Crippen LogP contribution in [-0.2, 0) is 14.1 Å². The van der Waals surface area contributed by atoms with Gasteiger partial charge in [0.05, 0.1) is 11.0 Å². The molecule has 0 saturated carbocycles. The Morgan fingerprint density at radius 2 is 1.89 bits per heavy atom. The summed E-state index contributed by atoms with van der Waals surface area (Å²) in [5.41, 5.74) is 8.69. The molecule has 0 fully saturated rings. The Morgan fingerprint density at radius 3 is 2.56 bits per heavy atom. The van der Waals surface area contributed by atoms with Crippen LogP contribution in [0, 0.1) is 0 Å². The number of rotatable bonds is 1. The molecule has 0 aliphatic heterocycles. The molecule has 0 unspecified atom stereocenters. The second-order valence-electron chi connectivity index (χ2n) is 4.22. The summed E-state index contributed by atoms with van der Waals surface area (Å²) in [6, 6.07) is 7.33. The number of anilines is 1. The molecule has 92 valence electrons. The minimum absolute atomic E-state index is 0.0539. The van der Waals surface area contributed by atoms with Gasteiger partial charge in [-0.15, -0.1) is 0 Å². The molecule has 2 aromatic heterocycles. The first-order chi connectivity index (χ1) is 8.58. The molecule has 0 saturated heterocycles. The van der Waals surface area contributed by atoms with E-state index in [9.17, 15) is 4.79 Å². The number of hydrogen-bond acceptors (Lipinski definition) is 4. The molecule has 18 heavy (non-hydrogen) atoms. The Bertz CT molecular complexity index is 794. The third kappa shape index (κ3) is 1.35. The highest BCUT2D eigenvalue weighted by Gasteiger charge is 2.10. The summed E-state index contributed by atoms with van der Waals surface area (Å²) in [6.07, 6.45) is 0. The van der Waals surface area contributed by atoms with E-state index in [1.807, 2.05) is 18.2 Å². The first kappa shape index (κ1) is 10.6. The first-order valence-electron chi connectivity index (χ1n) is 5.46. The summed E-state index contributed by atoms with van der Waals surface area (Å²) < 4.78 is 8.05. The fourth-order valence-corrected chi connectivity index (χ4v) is 2.09. The second kappa shape index (κ2) is 3.49. The zero-order valence-electron chi connectivity index (χ0n) is 10.0. The molecular weight excluding hydrogens is 232 g/mol. The zero-order valence-corrected chi connectivity index (χ0v) is 10.0. The number of hydrogen-bond donors (Lipinski definition) is 1. The Hall–Kier alpha value is -2.50. The maximum atomic E-state index is 11.8. The molecule has 1 aromatic carbocycles. The second-order valence-corrected chi connectivity index (χ2v) is 4.22. The predicted octanol–water partition coefficient (Wildman–Crippen LogP) is 1.11. The van der Waals surface area contributed by atoms with Gasteiger partial charge in [-0.05, 0) is 12.1 Å². The van der Waals surface area contributed by atoms with Crippen LogP contribution in [0.15, 0.2) is 33.6 Å². The quantitative estimate of drug-likeness (QED) is 0.695. The van der Waals surface area contributed by atoms with Crippen LogP contribution in [0.4, 0.5) is 5.88 Å².